The van der Waals surface area contributed by atoms with Gasteiger partial charge in [-0.2, -0.15) is 0 Å². The summed E-state index contributed by atoms with van der Waals surface area (Å²) in [5, 5.41) is 5.37. The monoisotopic (exact) mass is 330 g/mol. The van der Waals surface area contributed by atoms with E-state index in [4.69, 9.17) is 5.73 Å². The molecule has 0 aliphatic carbocycles. The molecule has 2 N–H and O–H groups in total. The van der Waals surface area contributed by atoms with Crippen molar-refractivity contribution < 1.29 is 0 Å². The number of hydrogen-bond donors (Lipinski definition) is 1. The Balaban J connectivity index is 2.06. The van der Waals surface area contributed by atoms with Gasteiger partial charge in [-0.15, -0.1) is 22.7 Å². The Morgan fingerprint density at radius 2 is 2.12 bits per heavy atom. The van der Waals surface area contributed by atoms with Crippen LogP contribution in [0.3, 0.4) is 0 Å². The lowest BCUT2D eigenvalue weighted by atomic mass is 10.0. The maximum absolute atomic E-state index is 5.98. The van der Waals surface area contributed by atoms with E-state index >= 15 is 0 Å². The van der Waals surface area contributed by atoms with Gasteiger partial charge in [0.15, 0.2) is 0 Å². The van der Waals surface area contributed by atoms with Gasteiger partial charge < -0.3 is 5.73 Å². The van der Waals surface area contributed by atoms with E-state index < -0.39 is 0 Å². The highest BCUT2D eigenvalue weighted by Gasteiger charge is 2.13. The lowest BCUT2D eigenvalue weighted by molar-refractivity contribution is 0.476. The molecule has 2 aromatic heterocycles. The molecule has 0 aliphatic heterocycles. The maximum atomic E-state index is 5.98. The fraction of sp³-hybridized carbons (Fsp3) is 0.417. The molecule has 2 aromatic rings. The molecule has 2 nitrogen and oxygen atoms in total. The van der Waals surface area contributed by atoms with Crippen molar-refractivity contribution in [1.82, 2.24) is 4.98 Å². The SMILES string of the molecule is CC(C)(N)CCc1nc(-c2cc(Br)cs2)cs1. The second kappa shape index (κ2) is 5.18. The van der Waals surface area contributed by atoms with Crippen LogP contribution in [0.5, 0.6) is 0 Å². The number of halogens is 1. The van der Waals surface area contributed by atoms with Gasteiger partial charge >= 0.3 is 0 Å². The van der Waals surface area contributed by atoms with Gasteiger partial charge in [0.05, 0.1) is 15.6 Å². The van der Waals surface area contributed by atoms with Gasteiger partial charge in [0.25, 0.3) is 0 Å². The third-order valence-corrected chi connectivity index (χ3v) is 4.98. The van der Waals surface area contributed by atoms with Crippen molar-refractivity contribution in [1.29, 1.82) is 0 Å². The Morgan fingerprint density at radius 3 is 2.71 bits per heavy atom. The summed E-state index contributed by atoms with van der Waals surface area (Å²) in [6.07, 6.45) is 1.93. The topological polar surface area (TPSA) is 38.9 Å². The molecule has 0 saturated carbocycles. The number of aryl methyl sites for hydroxylation is 1. The van der Waals surface area contributed by atoms with Crippen molar-refractivity contribution in [2.45, 2.75) is 32.2 Å². The molecule has 0 aliphatic rings. The van der Waals surface area contributed by atoms with Crippen LogP contribution in [0.1, 0.15) is 25.3 Å². The largest absolute Gasteiger partial charge is 0.326 e. The highest BCUT2D eigenvalue weighted by molar-refractivity contribution is 9.10. The quantitative estimate of drug-likeness (QED) is 0.907. The summed E-state index contributed by atoms with van der Waals surface area (Å²) in [5.41, 5.74) is 6.94. The molecular weight excluding hydrogens is 316 g/mol. The molecule has 0 spiro atoms. The van der Waals surface area contributed by atoms with Gasteiger partial charge in [0.1, 0.15) is 0 Å². The van der Waals surface area contributed by atoms with Crippen molar-refractivity contribution in [3.05, 3.63) is 26.3 Å². The zero-order valence-corrected chi connectivity index (χ0v) is 13.1. The summed E-state index contributed by atoms with van der Waals surface area (Å²) in [6.45, 7) is 4.11. The predicted molar refractivity (Wildman–Crippen MR) is 79.7 cm³/mol. The van der Waals surface area contributed by atoms with Crippen LogP contribution in [0.25, 0.3) is 10.6 Å². The molecule has 17 heavy (non-hydrogen) atoms. The first-order valence-corrected chi connectivity index (χ1v) is 7.97. The maximum Gasteiger partial charge on any atom is 0.0933 e. The Kier molecular flexibility index (Phi) is 4.02. The predicted octanol–water partition coefficient (Wildman–Crippen LogP) is 4.30. The molecule has 0 amide bonds. The molecule has 0 unspecified atom stereocenters. The number of aromatic nitrogens is 1. The number of thiophene rings is 1. The number of rotatable bonds is 4. The number of thiazole rings is 1. The lowest BCUT2D eigenvalue weighted by Crippen LogP contribution is -2.32. The average molecular weight is 331 g/mol. The number of hydrogen-bond acceptors (Lipinski definition) is 4. The highest BCUT2D eigenvalue weighted by Crippen LogP contribution is 2.31. The Hall–Kier alpha value is -0.230. The van der Waals surface area contributed by atoms with E-state index in [1.54, 1.807) is 22.7 Å². The zero-order chi connectivity index (χ0) is 12.5. The van der Waals surface area contributed by atoms with Crippen LogP contribution in [-0.2, 0) is 6.42 Å². The molecule has 2 heterocycles. The summed E-state index contributed by atoms with van der Waals surface area (Å²) in [6, 6.07) is 2.11. The molecule has 0 atom stereocenters. The van der Waals surface area contributed by atoms with Crippen LogP contribution in [0.15, 0.2) is 21.3 Å². The molecule has 2 rings (SSSR count). The first-order chi connectivity index (χ1) is 7.94. The van der Waals surface area contributed by atoms with Crippen molar-refractivity contribution in [3.8, 4) is 10.6 Å². The van der Waals surface area contributed by atoms with Crippen molar-refractivity contribution in [3.63, 3.8) is 0 Å². The summed E-state index contributed by atoms with van der Waals surface area (Å²) < 4.78 is 1.12. The second-order valence-corrected chi connectivity index (χ2v) is 7.51. The molecule has 0 saturated heterocycles. The van der Waals surface area contributed by atoms with Crippen LogP contribution >= 0.6 is 38.6 Å². The van der Waals surface area contributed by atoms with Gasteiger partial charge in [0, 0.05) is 27.2 Å². The fourth-order valence-electron chi connectivity index (χ4n) is 1.42. The van der Waals surface area contributed by atoms with E-state index in [1.165, 1.54) is 9.88 Å². The van der Waals surface area contributed by atoms with Crippen LogP contribution in [0.2, 0.25) is 0 Å². The molecule has 0 fully saturated rings. The van der Waals surface area contributed by atoms with E-state index in [0.29, 0.717) is 0 Å². The summed E-state index contributed by atoms with van der Waals surface area (Å²) in [5.74, 6) is 0. The standard InChI is InChI=1S/C12H15BrN2S2/c1-12(2,14)4-3-11-15-9(7-17-11)10-5-8(13)6-16-10/h5-7H,3-4,14H2,1-2H3. The normalized spacial score (nSPS) is 12.0. The summed E-state index contributed by atoms with van der Waals surface area (Å²) in [4.78, 5) is 5.86. The molecule has 5 heteroatoms. The van der Waals surface area contributed by atoms with Crippen molar-refractivity contribution >= 4 is 38.6 Å². The lowest BCUT2D eigenvalue weighted by Gasteiger charge is -2.16. The third-order valence-electron chi connectivity index (χ3n) is 2.35. The number of nitrogens with zero attached hydrogens (tertiary/aromatic N) is 1. The first-order valence-electron chi connectivity index (χ1n) is 5.42. The minimum absolute atomic E-state index is 0.113. The van der Waals surface area contributed by atoms with Crippen LogP contribution in [0, 0.1) is 0 Å². The van der Waals surface area contributed by atoms with Gasteiger partial charge in [-0.05, 0) is 42.3 Å². The van der Waals surface area contributed by atoms with Gasteiger partial charge in [-0.25, -0.2) is 4.98 Å². The third kappa shape index (κ3) is 3.88. The summed E-state index contributed by atoms with van der Waals surface area (Å²) in [7, 11) is 0. The van der Waals surface area contributed by atoms with E-state index in [2.05, 4.69) is 51.6 Å². The smallest absolute Gasteiger partial charge is 0.0933 e. The Morgan fingerprint density at radius 1 is 1.35 bits per heavy atom. The van der Waals surface area contributed by atoms with E-state index in [9.17, 15) is 0 Å². The van der Waals surface area contributed by atoms with Crippen molar-refractivity contribution in [2.24, 2.45) is 5.73 Å². The minimum Gasteiger partial charge on any atom is -0.326 e. The van der Waals surface area contributed by atoms with Gasteiger partial charge in [-0.1, -0.05) is 0 Å². The second-order valence-electron chi connectivity index (χ2n) is 4.74. The molecule has 92 valence electrons. The number of nitrogens with two attached hydrogens (primary N) is 1. The minimum atomic E-state index is -0.113. The van der Waals surface area contributed by atoms with Crippen LogP contribution < -0.4 is 5.73 Å². The van der Waals surface area contributed by atoms with Crippen molar-refractivity contribution in [2.75, 3.05) is 0 Å². The molecular formula is C12H15BrN2S2. The Labute approximate surface area is 118 Å². The molecule has 0 radical (unpaired) electrons. The highest BCUT2D eigenvalue weighted by atomic mass is 79.9. The van der Waals surface area contributed by atoms with Gasteiger partial charge in [0.2, 0.25) is 0 Å². The molecule has 0 bridgehead atoms. The van der Waals surface area contributed by atoms with E-state index in [-0.39, 0.29) is 5.54 Å². The summed E-state index contributed by atoms with van der Waals surface area (Å²) >= 11 is 6.89. The molecule has 0 aromatic carbocycles. The average Bonchev–Trinajstić information content (AvgIpc) is 2.81. The zero-order valence-electron chi connectivity index (χ0n) is 9.87. The van der Waals surface area contributed by atoms with E-state index in [1.807, 2.05) is 0 Å². The first kappa shape index (κ1) is 13.2. The van der Waals surface area contributed by atoms with Gasteiger partial charge in [-0.3, -0.25) is 0 Å². The van der Waals surface area contributed by atoms with E-state index in [0.717, 1.165) is 23.0 Å². The fourth-order valence-corrected chi connectivity index (χ4v) is 3.68. The Bertz CT molecular complexity index is 497. The van der Waals surface area contributed by atoms with Crippen LogP contribution in [0.4, 0.5) is 0 Å². The van der Waals surface area contributed by atoms with Crippen LogP contribution in [-0.4, -0.2) is 10.5 Å².